The smallest absolute Gasteiger partial charge is 0.268 e. The molecule has 0 aliphatic carbocycles. The number of rotatable bonds is 2. The summed E-state index contributed by atoms with van der Waals surface area (Å²) in [6, 6.07) is 14.5. The number of aromatic nitrogens is 1. The molecule has 25 heavy (non-hydrogen) atoms. The highest BCUT2D eigenvalue weighted by molar-refractivity contribution is 6.31. The van der Waals surface area contributed by atoms with Crippen molar-refractivity contribution >= 4 is 28.4 Å². The number of fused-ring (bicyclic) bond motifs is 2. The molecule has 1 aromatic heterocycles. The minimum atomic E-state index is -0.239. The lowest BCUT2D eigenvalue weighted by Gasteiger charge is -2.12. The second-order valence-electron chi connectivity index (χ2n) is 5.99. The Morgan fingerprint density at radius 3 is 2.96 bits per heavy atom. The van der Waals surface area contributed by atoms with Crippen molar-refractivity contribution in [2.75, 3.05) is 6.61 Å². The normalized spacial score (nSPS) is 15.5. The molecule has 1 aliphatic heterocycles. The number of benzene rings is 2. The van der Waals surface area contributed by atoms with Crippen molar-refractivity contribution in [2.45, 2.75) is 6.04 Å². The van der Waals surface area contributed by atoms with E-state index in [2.05, 4.69) is 11.4 Å². The van der Waals surface area contributed by atoms with Gasteiger partial charge in [-0.1, -0.05) is 23.7 Å². The third-order valence-electron chi connectivity index (χ3n) is 4.47. The van der Waals surface area contributed by atoms with Gasteiger partial charge in [0.05, 0.1) is 17.7 Å². The van der Waals surface area contributed by atoms with Crippen molar-refractivity contribution < 1.29 is 9.53 Å². The number of nitrogens with zero attached hydrogens (tertiary/aromatic N) is 2. The fraction of sp³-hybridized carbons (Fsp3) is 0.158. The molecule has 124 valence electrons. The van der Waals surface area contributed by atoms with Gasteiger partial charge in [-0.3, -0.25) is 4.79 Å². The van der Waals surface area contributed by atoms with Crippen LogP contribution in [0, 0.1) is 11.3 Å². The molecule has 2 heterocycles. The van der Waals surface area contributed by atoms with E-state index < -0.39 is 0 Å². The minimum absolute atomic E-state index is 0.180. The molecule has 0 spiro atoms. The Kier molecular flexibility index (Phi) is 3.63. The van der Waals surface area contributed by atoms with E-state index >= 15 is 0 Å². The molecule has 0 radical (unpaired) electrons. The molecule has 1 aliphatic rings. The Balaban J connectivity index is 1.62. The van der Waals surface area contributed by atoms with Crippen LogP contribution >= 0.6 is 11.6 Å². The van der Waals surface area contributed by atoms with Gasteiger partial charge in [-0.05, 0) is 30.3 Å². The molecule has 1 N–H and O–H groups in total. The summed E-state index contributed by atoms with van der Waals surface area (Å²) in [5.41, 5.74) is 2.88. The van der Waals surface area contributed by atoms with Crippen LogP contribution in [0.4, 0.5) is 0 Å². The molecule has 0 saturated heterocycles. The Morgan fingerprint density at radius 1 is 1.32 bits per heavy atom. The quantitative estimate of drug-likeness (QED) is 0.767. The lowest BCUT2D eigenvalue weighted by atomic mass is 10.1. The third kappa shape index (κ3) is 2.61. The third-order valence-corrected chi connectivity index (χ3v) is 4.70. The number of carbonyl (C=O) groups is 1. The van der Waals surface area contributed by atoms with Crippen molar-refractivity contribution in [1.82, 2.24) is 9.88 Å². The molecule has 2 aromatic carbocycles. The van der Waals surface area contributed by atoms with Crippen molar-refractivity contribution in [3.8, 4) is 11.8 Å². The Bertz CT molecular complexity index is 1050. The van der Waals surface area contributed by atoms with E-state index in [9.17, 15) is 4.79 Å². The summed E-state index contributed by atoms with van der Waals surface area (Å²) in [5, 5.41) is 13.6. The fourth-order valence-electron chi connectivity index (χ4n) is 3.15. The zero-order valence-electron chi connectivity index (χ0n) is 13.4. The van der Waals surface area contributed by atoms with Gasteiger partial charge < -0.3 is 14.6 Å². The molecule has 3 aromatic rings. The highest BCUT2D eigenvalue weighted by Gasteiger charge is 2.27. The standard InChI is InChI=1S/C19H14ClN3O2/c1-23-16-8-13(20)4-3-12(16)7-17(23)19(24)22-15-10-25-18-6-11(9-21)2-5-14(15)18/h2-8,15H,10H2,1H3,(H,22,24). The summed E-state index contributed by atoms with van der Waals surface area (Å²) >= 11 is 6.04. The van der Waals surface area contributed by atoms with E-state index in [1.54, 1.807) is 18.2 Å². The number of hydrogen-bond donors (Lipinski definition) is 1. The van der Waals surface area contributed by atoms with Gasteiger partial charge in [-0.25, -0.2) is 0 Å². The Morgan fingerprint density at radius 2 is 2.16 bits per heavy atom. The van der Waals surface area contributed by atoms with Gasteiger partial charge in [0, 0.05) is 28.5 Å². The largest absolute Gasteiger partial charge is 0.491 e. The highest BCUT2D eigenvalue weighted by Crippen LogP contribution is 2.33. The fourth-order valence-corrected chi connectivity index (χ4v) is 3.32. The van der Waals surface area contributed by atoms with E-state index in [4.69, 9.17) is 21.6 Å². The van der Waals surface area contributed by atoms with Crippen molar-refractivity contribution in [1.29, 1.82) is 5.26 Å². The maximum Gasteiger partial charge on any atom is 0.268 e. The predicted molar refractivity (Wildman–Crippen MR) is 94.8 cm³/mol. The zero-order valence-corrected chi connectivity index (χ0v) is 14.2. The van der Waals surface area contributed by atoms with Gasteiger partial charge in [0.25, 0.3) is 5.91 Å². The van der Waals surface area contributed by atoms with Crippen LogP contribution in [0.2, 0.25) is 5.02 Å². The zero-order chi connectivity index (χ0) is 17.6. The van der Waals surface area contributed by atoms with Gasteiger partial charge in [0.2, 0.25) is 0 Å². The van der Waals surface area contributed by atoms with Crippen LogP contribution in [-0.4, -0.2) is 17.1 Å². The summed E-state index contributed by atoms with van der Waals surface area (Å²) < 4.78 is 7.43. The molecular formula is C19H14ClN3O2. The maximum atomic E-state index is 12.7. The monoisotopic (exact) mass is 351 g/mol. The van der Waals surface area contributed by atoms with Gasteiger partial charge >= 0.3 is 0 Å². The first kappa shape index (κ1) is 15.6. The topological polar surface area (TPSA) is 67.1 Å². The Labute approximate surface area is 149 Å². The molecule has 0 bridgehead atoms. The van der Waals surface area contributed by atoms with E-state index in [1.165, 1.54) is 0 Å². The Hall–Kier alpha value is -2.97. The molecule has 0 saturated carbocycles. The minimum Gasteiger partial charge on any atom is -0.491 e. The molecule has 5 nitrogen and oxygen atoms in total. The van der Waals surface area contributed by atoms with Crippen LogP contribution in [0.3, 0.4) is 0 Å². The number of nitriles is 1. The first-order valence-electron chi connectivity index (χ1n) is 7.79. The summed E-state index contributed by atoms with van der Waals surface area (Å²) in [6.45, 7) is 0.353. The lowest BCUT2D eigenvalue weighted by molar-refractivity contribution is 0.0922. The van der Waals surface area contributed by atoms with E-state index in [-0.39, 0.29) is 11.9 Å². The average Bonchev–Trinajstić information content (AvgIpc) is 3.16. The van der Waals surface area contributed by atoms with Gasteiger partial charge in [-0.15, -0.1) is 0 Å². The van der Waals surface area contributed by atoms with Crippen LogP contribution in [0.5, 0.6) is 5.75 Å². The van der Waals surface area contributed by atoms with E-state index in [0.29, 0.717) is 28.6 Å². The number of amides is 1. The average molecular weight is 352 g/mol. The molecule has 6 heteroatoms. The number of hydrogen-bond acceptors (Lipinski definition) is 3. The number of nitrogens with one attached hydrogen (secondary N) is 1. The van der Waals surface area contributed by atoms with Crippen LogP contribution < -0.4 is 10.1 Å². The summed E-state index contributed by atoms with van der Waals surface area (Å²) in [5.74, 6) is 0.466. The number of aryl methyl sites for hydroxylation is 1. The van der Waals surface area contributed by atoms with E-state index in [1.807, 2.05) is 35.9 Å². The first-order valence-corrected chi connectivity index (χ1v) is 8.17. The van der Waals surface area contributed by atoms with Crippen molar-refractivity contribution in [3.63, 3.8) is 0 Å². The van der Waals surface area contributed by atoms with Crippen LogP contribution in [0.1, 0.15) is 27.7 Å². The summed E-state index contributed by atoms with van der Waals surface area (Å²) in [7, 11) is 1.84. The molecule has 1 amide bonds. The summed E-state index contributed by atoms with van der Waals surface area (Å²) in [6.07, 6.45) is 0. The predicted octanol–water partition coefficient (Wildman–Crippen LogP) is 3.57. The molecule has 0 fully saturated rings. The molecule has 1 unspecified atom stereocenters. The van der Waals surface area contributed by atoms with Crippen LogP contribution in [0.25, 0.3) is 10.9 Å². The second kappa shape index (κ2) is 5.83. The number of carbonyl (C=O) groups excluding carboxylic acids is 1. The highest BCUT2D eigenvalue weighted by atomic mass is 35.5. The lowest BCUT2D eigenvalue weighted by Crippen LogP contribution is -2.30. The molecule has 1 atom stereocenters. The second-order valence-corrected chi connectivity index (χ2v) is 6.43. The van der Waals surface area contributed by atoms with Crippen molar-refractivity contribution in [3.05, 3.63) is 64.3 Å². The maximum absolute atomic E-state index is 12.7. The SMILES string of the molecule is Cn1c(C(=O)NC2COc3cc(C#N)ccc32)cc2ccc(Cl)cc21. The number of halogens is 1. The van der Waals surface area contributed by atoms with Gasteiger partial charge in [0.15, 0.2) is 0 Å². The van der Waals surface area contributed by atoms with Crippen molar-refractivity contribution in [2.24, 2.45) is 7.05 Å². The van der Waals surface area contributed by atoms with E-state index in [0.717, 1.165) is 16.5 Å². The molecule has 4 rings (SSSR count). The van der Waals surface area contributed by atoms with Gasteiger partial charge in [0.1, 0.15) is 18.1 Å². The number of ether oxygens (including phenoxy) is 1. The van der Waals surface area contributed by atoms with Crippen LogP contribution in [-0.2, 0) is 7.05 Å². The van der Waals surface area contributed by atoms with Crippen LogP contribution in [0.15, 0.2) is 42.5 Å². The summed E-state index contributed by atoms with van der Waals surface area (Å²) in [4.78, 5) is 12.7. The van der Waals surface area contributed by atoms with Gasteiger partial charge in [-0.2, -0.15) is 5.26 Å². The first-order chi connectivity index (χ1) is 12.1. The molecular weight excluding hydrogens is 338 g/mol.